The van der Waals surface area contributed by atoms with Crippen molar-refractivity contribution in [2.45, 2.75) is 13.3 Å². The lowest BCUT2D eigenvalue weighted by Crippen LogP contribution is -2.14. The van der Waals surface area contributed by atoms with E-state index in [-0.39, 0.29) is 5.91 Å². The second-order valence-corrected chi connectivity index (χ2v) is 5.23. The van der Waals surface area contributed by atoms with Crippen molar-refractivity contribution >= 4 is 22.5 Å². The Kier molecular flexibility index (Phi) is 3.63. The van der Waals surface area contributed by atoms with E-state index in [1.54, 1.807) is 24.3 Å². The molecule has 1 amide bonds. The molecule has 1 aromatic heterocycles. The van der Waals surface area contributed by atoms with Gasteiger partial charge in [-0.05, 0) is 36.2 Å². The molecule has 0 aliphatic rings. The standard InChI is InChI=1S/C18H15N3O/c1-12-4-2-7-16-14(11-20-18(12)16)9-17(22)21-15-6-3-5-13(8-15)10-19/h2-8,11,20H,9H2,1H3,(H,21,22). The number of aromatic amines is 1. The number of carbonyl (C=O) groups excluding carboxylic acids is 1. The van der Waals surface area contributed by atoms with Crippen LogP contribution >= 0.6 is 0 Å². The maximum absolute atomic E-state index is 12.2. The smallest absolute Gasteiger partial charge is 0.228 e. The zero-order valence-electron chi connectivity index (χ0n) is 12.2. The van der Waals surface area contributed by atoms with Crippen LogP contribution in [0.15, 0.2) is 48.7 Å². The first kappa shape index (κ1) is 13.9. The second kappa shape index (κ2) is 5.74. The van der Waals surface area contributed by atoms with Crippen LogP contribution in [0.25, 0.3) is 10.9 Å². The number of H-pyrrole nitrogens is 1. The first-order valence-corrected chi connectivity index (χ1v) is 7.03. The molecular weight excluding hydrogens is 274 g/mol. The lowest BCUT2D eigenvalue weighted by Gasteiger charge is -2.05. The first-order chi connectivity index (χ1) is 10.7. The average Bonchev–Trinajstić information content (AvgIpc) is 2.92. The van der Waals surface area contributed by atoms with Crippen molar-refractivity contribution in [2.24, 2.45) is 0 Å². The maximum Gasteiger partial charge on any atom is 0.228 e. The van der Waals surface area contributed by atoms with Gasteiger partial charge in [0.25, 0.3) is 0 Å². The van der Waals surface area contributed by atoms with E-state index in [2.05, 4.69) is 16.4 Å². The molecule has 0 bridgehead atoms. The SMILES string of the molecule is Cc1cccc2c(CC(=O)Nc3cccc(C#N)c3)c[nH]c12. The summed E-state index contributed by atoms with van der Waals surface area (Å²) in [6.07, 6.45) is 2.17. The molecule has 22 heavy (non-hydrogen) atoms. The van der Waals surface area contributed by atoms with Crippen LogP contribution in [0.1, 0.15) is 16.7 Å². The number of carbonyl (C=O) groups is 1. The number of aromatic nitrogens is 1. The Hall–Kier alpha value is -3.06. The fourth-order valence-electron chi connectivity index (χ4n) is 2.55. The number of hydrogen-bond acceptors (Lipinski definition) is 2. The van der Waals surface area contributed by atoms with E-state index in [9.17, 15) is 4.79 Å². The molecule has 4 heteroatoms. The molecule has 0 saturated heterocycles. The van der Waals surface area contributed by atoms with Crippen LogP contribution < -0.4 is 5.32 Å². The van der Waals surface area contributed by atoms with Crippen molar-refractivity contribution in [3.63, 3.8) is 0 Å². The summed E-state index contributed by atoms with van der Waals surface area (Å²) in [5, 5.41) is 12.8. The number of amides is 1. The third-order valence-electron chi connectivity index (χ3n) is 3.64. The predicted octanol–water partition coefficient (Wildman–Crippen LogP) is 3.53. The molecule has 0 fully saturated rings. The molecule has 108 valence electrons. The summed E-state index contributed by atoms with van der Waals surface area (Å²) in [4.78, 5) is 15.4. The van der Waals surface area contributed by atoms with Gasteiger partial charge in [-0.15, -0.1) is 0 Å². The van der Waals surface area contributed by atoms with E-state index in [1.807, 2.05) is 31.3 Å². The van der Waals surface area contributed by atoms with E-state index in [1.165, 1.54) is 0 Å². The number of aryl methyl sites for hydroxylation is 1. The van der Waals surface area contributed by atoms with Crippen LogP contribution in [0.5, 0.6) is 0 Å². The number of hydrogen-bond donors (Lipinski definition) is 2. The van der Waals surface area contributed by atoms with Crippen LogP contribution in [0.2, 0.25) is 0 Å². The number of fused-ring (bicyclic) bond motifs is 1. The van der Waals surface area contributed by atoms with E-state index >= 15 is 0 Å². The topological polar surface area (TPSA) is 68.7 Å². The number of nitrogens with one attached hydrogen (secondary N) is 2. The van der Waals surface area contributed by atoms with Gasteiger partial charge in [0.15, 0.2) is 0 Å². The molecule has 0 saturated carbocycles. The van der Waals surface area contributed by atoms with Crippen molar-refractivity contribution in [3.8, 4) is 6.07 Å². The lowest BCUT2D eigenvalue weighted by molar-refractivity contribution is -0.115. The minimum atomic E-state index is -0.0995. The van der Waals surface area contributed by atoms with Gasteiger partial charge >= 0.3 is 0 Å². The Labute approximate surface area is 128 Å². The third-order valence-corrected chi connectivity index (χ3v) is 3.64. The summed E-state index contributed by atoms with van der Waals surface area (Å²) in [6, 6.07) is 15.0. The van der Waals surface area contributed by atoms with E-state index in [0.29, 0.717) is 17.7 Å². The van der Waals surface area contributed by atoms with Crippen LogP contribution in [0.4, 0.5) is 5.69 Å². The van der Waals surface area contributed by atoms with Gasteiger partial charge in [0, 0.05) is 22.8 Å². The van der Waals surface area contributed by atoms with Gasteiger partial charge < -0.3 is 10.3 Å². The number of anilines is 1. The quantitative estimate of drug-likeness (QED) is 0.774. The van der Waals surface area contributed by atoms with Crippen LogP contribution in [-0.2, 0) is 11.2 Å². The molecule has 2 aromatic carbocycles. The molecule has 0 spiro atoms. The molecule has 1 heterocycles. The summed E-state index contributed by atoms with van der Waals surface area (Å²) >= 11 is 0. The van der Waals surface area contributed by atoms with Gasteiger partial charge in [0.1, 0.15) is 0 Å². The normalized spacial score (nSPS) is 10.4. The molecule has 0 atom stereocenters. The van der Waals surface area contributed by atoms with Crippen molar-refractivity contribution < 1.29 is 4.79 Å². The van der Waals surface area contributed by atoms with Gasteiger partial charge in [-0.25, -0.2) is 0 Å². The van der Waals surface area contributed by atoms with Crippen molar-refractivity contribution in [1.82, 2.24) is 4.98 Å². The Morgan fingerprint density at radius 1 is 1.27 bits per heavy atom. The third kappa shape index (κ3) is 2.70. The summed E-state index contributed by atoms with van der Waals surface area (Å²) in [7, 11) is 0. The van der Waals surface area contributed by atoms with Crippen molar-refractivity contribution in [2.75, 3.05) is 5.32 Å². The van der Waals surface area contributed by atoms with Crippen molar-refractivity contribution in [3.05, 3.63) is 65.4 Å². The molecule has 0 aliphatic carbocycles. The minimum Gasteiger partial charge on any atom is -0.361 e. The van der Waals surface area contributed by atoms with Gasteiger partial charge in [-0.3, -0.25) is 4.79 Å². The monoisotopic (exact) mass is 289 g/mol. The van der Waals surface area contributed by atoms with Gasteiger partial charge in [-0.1, -0.05) is 24.3 Å². The number of para-hydroxylation sites is 1. The van der Waals surface area contributed by atoms with E-state index in [4.69, 9.17) is 5.26 Å². The predicted molar refractivity (Wildman–Crippen MR) is 86.5 cm³/mol. The van der Waals surface area contributed by atoms with Crippen LogP contribution in [0.3, 0.4) is 0 Å². The summed E-state index contributed by atoms with van der Waals surface area (Å²) < 4.78 is 0. The highest BCUT2D eigenvalue weighted by Crippen LogP contribution is 2.22. The summed E-state index contributed by atoms with van der Waals surface area (Å²) in [6.45, 7) is 2.04. The molecule has 0 radical (unpaired) electrons. The highest BCUT2D eigenvalue weighted by Gasteiger charge is 2.10. The fourth-order valence-corrected chi connectivity index (χ4v) is 2.55. The average molecular weight is 289 g/mol. The molecule has 0 aliphatic heterocycles. The Balaban J connectivity index is 1.79. The molecule has 0 unspecified atom stereocenters. The minimum absolute atomic E-state index is 0.0995. The highest BCUT2D eigenvalue weighted by atomic mass is 16.1. The van der Waals surface area contributed by atoms with E-state index < -0.39 is 0 Å². The number of rotatable bonds is 3. The van der Waals surface area contributed by atoms with Crippen LogP contribution in [-0.4, -0.2) is 10.9 Å². The zero-order valence-corrected chi connectivity index (χ0v) is 12.2. The van der Waals surface area contributed by atoms with Crippen molar-refractivity contribution in [1.29, 1.82) is 5.26 Å². The summed E-state index contributed by atoms with van der Waals surface area (Å²) in [5.74, 6) is -0.0995. The largest absolute Gasteiger partial charge is 0.361 e. The maximum atomic E-state index is 12.2. The molecule has 3 aromatic rings. The first-order valence-electron chi connectivity index (χ1n) is 7.03. The molecule has 2 N–H and O–H groups in total. The van der Waals surface area contributed by atoms with Gasteiger partial charge in [0.2, 0.25) is 5.91 Å². The van der Waals surface area contributed by atoms with Crippen LogP contribution in [0, 0.1) is 18.3 Å². The number of benzene rings is 2. The number of nitrogens with zero attached hydrogens (tertiary/aromatic N) is 1. The lowest BCUT2D eigenvalue weighted by atomic mass is 10.1. The zero-order chi connectivity index (χ0) is 15.5. The Morgan fingerprint density at radius 3 is 2.91 bits per heavy atom. The fraction of sp³-hybridized carbons (Fsp3) is 0.111. The van der Waals surface area contributed by atoms with Gasteiger partial charge in [0.05, 0.1) is 18.1 Å². The number of nitriles is 1. The highest BCUT2D eigenvalue weighted by molar-refractivity contribution is 5.96. The molecule has 4 nitrogen and oxygen atoms in total. The summed E-state index contributed by atoms with van der Waals surface area (Å²) in [5.41, 5.74) is 4.36. The van der Waals surface area contributed by atoms with Gasteiger partial charge in [-0.2, -0.15) is 5.26 Å². The second-order valence-electron chi connectivity index (χ2n) is 5.23. The Bertz CT molecular complexity index is 887. The molecular formula is C18H15N3O. The molecule has 3 rings (SSSR count). The Morgan fingerprint density at radius 2 is 2.09 bits per heavy atom. The van der Waals surface area contributed by atoms with E-state index in [0.717, 1.165) is 22.0 Å².